The normalized spacial score (nSPS) is 14.2. The summed E-state index contributed by atoms with van der Waals surface area (Å²) in [6.07, 6.45) is -0.459. The lowest BCUT2D eigenvalue weighted by Crippen LogP contribution is -2.41. The maximum Gasteiger partial charge on any atom is 0.0799 e. The van der Waals surface area contributed by atoms with Crippen molar-refractivity contribution in [3.8, 4) is 0 Å². The summed E-state index contributed by atoms with van der Waals surface area (Å²) in [6.45, 7) is 4.95. The molecule has 2 unspecified atom stereocenters. The molecule has 0 radical (unpaired) electrons. The van der Waals surface area contributed by atoms with Crippen molar-refractivity contribution in [1.29, 1.82) is 0 Å². The SMILES string of the molecule is CCNC(C)C(O)C(c1ccccc1)c1ccccc1. The fraction of sp³-hybridized carbons (Fsp3) is 0.333. The topological polar surface area (TPSA) is 32.3 Å². The quantitative estimate of drug-likeness (QED) is 0.844. The lowest BCUT2D eigenvalue weighted by atomic mass is 9.84. The number of benzene rings is 2. The molecule has 2 rings (SSSR count). The third-order valence-electron chi connectivity index (χ3n) is 3.70. The molecular weight excluding hydrogens is 246 g/mol. The molecule has 106 valence electrons. The molecule has 2 aromatic carbocycles. The van der Waals surface area contributed by atoms with E-state index in [2.05, 4.69) is 36.5 Å². The van der Waals surface area contributed by atoms with Crippen LogP contribution in [-0.2, 0) is 0 Å². The molecule has 0 spiro atoms. The van der Waals surface area contributed by atoms with Gasteiger partial charge in [-0.2, -0.15) is 0 Å². The van der Waals surface area contributed by atoms with Crippen LogP contribution in [0.5, 0.6) is 0 Å². The van der Waals surface area contributed by atoms with E-state index in [0.29, 0.717) is 0 Å². The number of nitrogens with one attached hydrogen (secondary N) is 1. The van der Waals surface area contributed by atoms with Gasteiger partial charge in [0.05, 0.1) is 6.10 Å². The van der Waals surface area contributed by atoms with Gasteiger partial charge in [-0.15, -0.1) is 0 Å². The third kappa shape index (κ3) is 3.47. The minimum atomic E-state index is -0.459. The molecule has 2 N–H and O–H groups in total. The molecule has 0 aliphatic rings. The van der Waals surface area contributed by atoms with Crippen molar-refractivity contribution in [2.24, 2.45) is 0 Å². The van der Waals surface area contributed by atoms with Crippen LogP contribution in [0.3, 0.4) is 0 Å². The number of aliphatic hydroxyl groups is 1. The van der Waals surface area contributed by atoms with E-state index in [1.807, 2.05) is 43.3 Å². The lowest BCUT2D eigenvalue weighted by Gasteiger charge is -2.29. The second-order valence-electron chi connectivity index (χ2n) is 5.14. The van der Waals surface area contributed by atoms with Gasteiger partial charge in [0.15, 0.2) is 0 Å². The first-order chi connectivity index (χ1) is 9.74. The standard InChI is InChI=1S/C18H23NO/c1-3-19-14(2)18(20)17(15-10-6-4-7-11-15)16-12-8-5-9-13-16/h4-14,17-20H,3H2,1-2H3. The molecule has 0 bridgehead atoms. The number of rotatable bonds is 6. The van der Waals surface area contributed by atoms with Crippen LogP contribution in [0.2, 0.25) is 0 Å². The fourth-order valence-electron chi connectivity index (χ4n) is 2.64. The van der Waals surface area contributed by atoms with Gasteiger partial charge in [-0.3, -0.25) is 0 Å². The molecule has 2 aromatic rings. The smallest absolute Gasteiger partial charge is 0.0799 e. The number of likely N-dealkylation sites (N-methyl/N-ethyl adjacent to an activating group) is 1. The predicted molar refractivity (Wildman–Crippen MR) is 83.9 cm³/mol. The van der Waals surface area contributed by atoms with E-state index < -0.39 is 6.10 Å². The molecule has 0 aliphatic heterocycles. The Morgan fingerprint density at radius 2 is 1.35 bits per heavy atom. The predicted octanol–water partition coefficient (Wildman–Crippen LogP) is 3.18. The number of hydrogen-bond donors (Lipinski definition) is 2. The number of hydrogen-bond acceptors (Lipinski definition) is 2. The van der Waals surface area contributed by atoms with E-state index >= 15 is 0 Å². The minimum Gasteiger partial charge on any atom is -0.391 e. The third-order valence-corrected chi connectivity index (χ3v) is 3.70. The van der Waals surface area contributed by atoms with Gasteiger partial charge in [-0.1, -0.05) is 67.6 Å². The lowest BCUT2D eigenvalue weighted by molar-refractivity contribution is 0.119. The Morgan fingerprint density at radius 1 is 0.900 bits per heavy atom. The second kappa shape index (κ2) is 7.22. The zero-order chi connectivity index (χ0) is 14.4. The van der Waals surface area contributed by atoms with Gasteiger partial charge in [0.1, 0.15) is 0 Å². The molecular formula is C18H23NO. The molecule has 0 saturated carbocycles. The molecule has 0 amide bonds. The van der Waals surface area contributed by atoms with Crippen LogP contribution >= 0.6 is 0 Å². The molecule has 20 heavy (non-hydrogen) atoms. The van der Waals surface area contributed by atoms with Gasteiger partial charge >= 0.3 is 0 Å². The van der Waals surface area contributed by atoms with Crippen LogP contribution in [0.15, 0.2) is 60.7 Å². The summed E-state index contributed by atoms with van der Waals surface area (Å²) < 4.78 is 0. The van der Waals surface area contributed by atoms with E-state index in [-0.39, 0.29) is 12.0 Å². The van der Waals surface area contributed by atoms with Crippen molar-refractivity contribution in [2.75, 3.05) is 6.54 Å². The van der Waals surface area contributed by atoms with Crippen molar-refractivity contribution in [1.82, 2.24) is 5.32 Å². The van der Waals surface area contributed by atoms with Gasteiger partial charge in [0.25, 0.3) is 0 Å². The monoisotopic (exact) mass is 269 g/mol. The van der Waals surface area contributed by atoms with Crippen molar-refractivity contribution in [3.63, 3.8) is 0 Å². The molecule has 0 heterocycles. The summed E-state index contributed by atoms with van der Waals surface area (Å²) in [5.74, 6) is -0.00792. The summed E-state index contributed by atoms with van der Waals surface area (Å²) >= 11 is 0. The van der Waals surface area contributed by atoms with E-state index in [4.69, 9.17) is 0 Å². The van der Waals surface area contributed by atoms with Gasteiger partial charge in [-0.25, -0.2) is 0 Å². The summed E-state index contributed by atoms with van der Waals surface area (Å²) in [5, 5.41) is 14.1. The van der Waals surface area contributed by atoms with Gasteiger partial charge in [0.2, 0.25) is 0 Å². The first-order valence-corrected chi connectivity index (χ1v) is 7.25. The first-order valence-electron chi connectivity index (χ1n) is 7.25. The maximum atomic E-state index is 10.8. The molecule has 0 aliphatic carbocycles. The highest BCUT2D eigenvalue weighted by atomic mass is 16.3. The Labute approximate surface area is 121 Å². The number of aliphatic hydroxyl groups excluding tert-OH is 1. The summed E-state index contributed by atoms with van der Waals surface area (Å²) in [7, 11) is 0. The largest absolute Gasteiger partial charge is 0.391 e. The van der Waals surface area contributed by atoms with Crippen LogP contribution in [0, 0.1) is 0 Å². The molecule has 0 fully saturated rings. The van der Waals surface area contributed by atoms with Crippen molar-refractivity contribution < 1.29 is 5.11 Å². The van der Waals surface area contributed by atoms with E-state index in [0.717, 1.165) is 17.7 Å². The molecule has 0 saturated heterocycles. The second-order valence-corrected chi connectivity index (χ2v) is 5.14. The van der Waals surface area contributed by atoms with Crippen LogP contribution in [0.4, 0.5) is 0 Å². The van der Waals surface area contributed by atoms with E-state index in [9.17, 15) is 5.11 Å². The van der Waals surface area contributed by atoms with Gasteiger partial charge in [0, 0.05) is 12.0 Å². The molecule has 2 atom stereocenters. The molecule has 2 heteroatoms. The zero-order valence-corrected chi connectivity index (χ0v) is 12.2. The minimum absolute atomic E-state index is 0.00792. The molecule has 0 aromatic heterocycles. The van der Waals surface area contributed by atoms with Crippen molar-refractivity contribution in [2.45, 2.75) is 31.9 Å². The highest BCUT2D eigenvalue weighted by Crippen LogP contribution is 2.29. The van der Waals surface area contributed by atoms with Crippen molar-refractivity contribution >= 4 is 0 Å². The van der Waals surface area contributed by atoms with Gasteiger partial charge in [-0.05, 0) is 24.6 Å². The average Bonchev–Trinajstić information content (AvgIpc) is 2.50. The van der Waals surface area contributed by atoms with Crippen molar-refractivity contribution in [3.05, 3.63) is 71.8 Å². The Bertz CT molecular complexity index is 458. The average molecular weight is 269 g/mol. The zero-order valence-electron chi connectivity index (χ0n) is 12.2. The van der Waals surface area contributed by atoms with E-state index in [1.165, 1.54) is 0 Å². The van der Waals surface area contributed by atoms with E-state index in [1.54, 1.807) is 0 Å². The highest BCUT2D eigenvalue weighted by molar-refractivity contribution is 5.34. The van der Waals surface area contributed by atoms with Crippen LogP contribution < -0.4 is 5.32 Å². The summed E-state index contributed by atoms with van der Waals surface area (Å²) in [6, 6.07) is 20.5. The first kappa shape index (κ1) is 14.8. The summed E-state index contributed by atoms with van der Waals surface area (Å²) in [5.41, 5.74) is 2.30. The Balaban J connectivity index is 2.35. The van der Waals surface area contributed by atoms with Crippen LogP contribution in [-0.4, -0.2) is 23.8 Å². The molecule has 2 nitrogen and oxygen atoms in total. The highest BCUT2D eigenvalue weighted by Gasteiger charge is 2.27. The van der Waals surface area contributed by atoms with Crippen LogP contribution in [0.1, 0.15) is 30.9 Å². The Kier molecular flexibility index (Phi) is 5.33. The van der Waals surface area contributed by atoms with Gasteiger partial charge < -0.3 is 10.4 Å². The summed E-state index contributed by atoms with van der Waals surface area (Å²) in [4.78, 5) is 0. The Hall–Kier alpha value is -1.64. The fourth-order valence-corrected chi connectivity index (χ4v) is 2.64. The van der Waals surface area contributed by atoms with Crippen LogP contribution in [0.25, 0.3) is 0 Å². The maximum absolute atomic E-state index is 10.8. The Morgan fingerprint density at radius 3 is 1.75 bits per heavy atom.